The fourth-order valence-corrected chi connectivity index (χ4v) is 3.93. The van der Waals surface area contributed by atoms with Crippen molar-refractivity contribution in [2.45, 2.75) is 26.1 Å². The molecule has 3 aromatic carbocycles. The van der Waals surface area contributed by atoms with E-state index in [-0.39, 0.29) is 18.0 Å². The Labute approximate surface area is 200 Å². The molecule has 0 radical (unpaired) electrons. The minimum absolute atomic E-state index is 0.160. The fourth-order valence-electron chi connectivity index (χ4n) is 3.93. The number of benzene rings is 3. The average molecular weight is 459 g/mol. The van der Waals surface area contributed by atoms with E-state index in [1.165, 1.54) is 5.56 Å². The highest BCUT2D eigenvalue weighted by Crippen LogP contribution is 2.14. The number of hydrogen-bond acceptors (Lipinski definition) is 4. The van der Waals surface area contributed by atoms with Gasteiger partial charge in [0.25, 0.3) is 5.91 Å². The largest absolute Gasteiger partial charge is 0.376 e. The van der Waals surface area contributed by atoms with Gasteiger partial charge in [-0.05, 0) is 54.4 Å². The number of carbonyl (C=O) groups excluding carboxylic acids is 2. The lowest BCUT2D eigenvalue weighted by molar-refractivity contribution is -0.0212. The normalized spacial score (nSPS) is 16.0. The predicted octanol–water partition coefficient (Wildman–Crippen LogP) is 4.48. The van der Waals surface area contributed by atoms with Gasteiger partial charge >= 0.3 is 6.03 Å². The van der Waals surface area contributed by atoms with Gasteiger partial charge in [-0.3, -0.25) is 9.69 Å². The lowest BCUT2D eigenvalue weighted by Gasteiger charge is -2.31. The number of morpholine rings is 1. The molecule has 0 bridgehead atoms. The summed E-state index contributed by atoms with van der Waals surface area (Å²) in [4.78, 5) is 27.1. The van der Waals surface area contributed by atoms with Crippen molar-refractivity contribution >= 4 is 23.3 Å². The van der Waals surface area contributed by atoms with E-state index in [0.717, 1.165) is 31.8 Å². The maximum Gasteiger partial charge on any atom is 0.323 e. The number of nitrogens with one attached hydrogen (secondary N) is 3. The standard InChI is InChI=1S/C27H30N4O3/c1-20-18-31(14-15-34-20)19-22-7-5-6-21(16-22)17-28-26(32)23-10-12-25(13-11-23)30-27(33)29-24-8-3-2-4-9-24/h2-13,16,20H,14-15,17-19H2,1H3,(H,28,32)(H2,29,30,33). The van der Waals surface area contributed by atoms with Crippen molar-refractivity contribution in [1.29, 1.82) is 0 Å². The molecular weight excluding hydrogens is 428 g/mol. The Morgan fingerprint density at radius 2 is 1.62 bits per heavy atom. The minimum Gasteiger partial charge on any atom is -0.376 e. The van der Waals surface area contributed by atoms with Crippen LogP contribution in [0.25, 0.3) is 0 Å². The Balaban J connectivity index is 1.26. The van der Waals surface area contributed by atoms with E-state index < -0.39 is 0 Å². The van der Waals surface area contributed by atoms with E-state index in [9.17, 15) is 9.59 Å². The zero-order valence-corrected chi connectivity index (χ0v) is 19.3. The molecule has 1 saturated heterocycles. The van der Waals surface area contributed by atoms with Gasteiger partial charge in [0.05, 0.1) is 12.7 Å². The molecule has 3 amide bonds. The number of hydrogen-bond donors (Lipinski definition) is 3. The third-order valence-corrected chi connectivity index (χ3v) is 5.61. The predicted molar refractivity (Wildman–Crippen MR) is 134 cm³/mol. The van der Waals surface area contributed by atoms with Gasteiger partial charge in [-0.2, -0.15) is 0 Å². The molecule has 176 valence electrons. The first-order chi connectivity index (χ1) is 16.5. The molecule has 1 unspecified atom stereocenters. The van der Waals surface area contributed by atoms with E-state index in [1.807, 2.05) is 42.5 Å². The second kappa shape index (κ2) is 11.4. The van der Waals surface area contributed by atoms with Crippen LogP contribution in [-0.4, -0.2) is 42.6 Å². The second-order valence-electron chi connectivity index (χ2n) is 8.44. The fraction of sp³-hybridized carbons (Fsp3) is 0.259. The molecule has 7 heteroatoms. The molecule has 0 aliphatic carbocycles. The highest BCUT2D eigenvalue weighted by atomic mass is 16.5. The van der Waals surface area contributed by atoms with Gasteiger partial charge in [0.15, 0.2) is 0 Å². The van der Waals surface area contributed by atoms with E-state index in [1.54, 1.807) is 24.3 Å². The minimum atomic E-state index is -0.338. The number of amides is 3. The summed E-state index contributed by atoms with van der Waals surface area (Å²) >= 11 is 0. The molecule has 1 heterocycles. The van der Waals surface area contributed by atoms with Crippen LogP contribution in [0.1, 0.15) is 28.4 Å². The smallest absolute Gasteiger partial charge is 0.323 e. The molecule has 3 aromatic rings. The SMILES string of the molecule is CC1CN(Cc2cccc(CNC(=O)c3ccc(NC(=O)Nc4ccccc4)cc3)c2)CCO1. The van der Waals surface area contributed by atoms with Crippen LogP contribution in [0.15, 0.2) is 78.9 Å². The van der Waals surface area contributed by atoms with E-state index in [0.29, 0.717) is 23.5 Å². The Morgan fingerprint density at radius 3 is 2.35 bits per heavy atom. The quantitative estimate of drug-likeness (QED) is 0.488. The van der Waals surface area contributed by atoms with Crippen LogP contribution in [0.5, 0.6) is 0 Å². The number of para-hydroxylation sites is 1. The van der Waals surface area contributed by atoms with Crippen LogP contribution in [0.3, 0.4) is 0 Å². The second-order valence-corrected chi connectivity index (χ2v) is 8.44. The van der Waals surface area contributed by atoms with Gasteiger partial charge in [0, 0.05) is 43.1 Å². The van der Waals surface area contributed by atoms with Crippen LogP contribution in [0, 0.1) is 0 Å². The summed E-state index contributed by atoms with van der Waals surface area (Å²) in [5.41, 5.74) is 4.13. The summed E-state index contributed by atoms with van der Waals surface area (Å²) in [5.74, 6) is -0.160. The molecule has 0 saturated carbocycles. The van der Waals surface area contributed by atoms with E-state index in [4.69, 9.17) is 4.74 Å². The molecule has 3 N–H and O–H groups in total. The number of carbonyl (C=O) groups is 2. The average Bonchev–Trinajstić information content (AvgIpc) is 2.84. The molecular formula is C27H30N4O3. The lowest BCUT2D eigenvalue weighted by atomic mass is 10.1. The Bertz CT molecular complexity index is 1100. The van der Waals surface area contributed by atoms with Gasteiger partial charge in [0.2, 0.25) is 0 Å². The molecule has 34 heavy (non-hydrogen) atoms. The third kappa shape index (κ3) is 6.91. The highest BCUT2D eigenvalue weighted by Gasteiger charge is 2.16. The molecule has 4 rings (SSSR count). The van der Waals surface area contributed by atoms with Crippen molar-refractivity contribution < 1.29 is 14.3 Å². The van der Waals surface area contributed by atoms with Crippen molar-refractivity contribution in [1.82, 2.24) is 10.2 Å². The first kappa shape index (κ1) is 23.5. The Kier molecular flexibility index (Phi) is 7.91. The number of nitrogens with zero attached hydrogens (tertiary/aromatic N) is 1. The van der Waals surface area contributed by atoms with Gasteiger partial charge in [-0.25, -0.2) is 4.79 Å². The van der Waals surface area contributed by atoms with Gasteiger partial charge in [-0.15, -0.1) is 0 Å². The zero-order chi connectivity index (χ0) is 23.8. The summed E-state index contributed by atoms with van der Waals surface area (Å²) < 4.78 is 5.61. The number of rotatable bonds is 7. The zero-order valence-electron chi connectivity index (χ0n) is 19.3. The monoisotopic (exact) mass is 458 g/mol. The summed E-state index contributed by atoms with van der Waals surface area (Å²) in [6, 6.07) is 24.0. The van der Waals surface area contributed by atoms with E-state index >= 15 is 0 Å². The van der Waals surface area contributed by atoms with Gasteiger partial charge in [0.1, 0.15) is 0 Å². The topological polar surface area (TPSA) is 82.7 Å². The summed E-state index contributed by atoms with van der Waals surface area (Å²) in [6.45, 7) is 6.06. The molecule has 1 aliphatic heterocycles. The van der Waals surface area contributed by atoms with Crippen LogP contribution in [-0.2, 0) is 17.8 Å². The highest BCUT2D eigenvalue weighted by molar-refractivity contribution is 6.00. The molecule has 1 atom stereocenters. The summed E-state index contributed by atoms with van der Waals surface area (Å²) in [5, 5.41) is 8.50. The van der Waals surface area contributed by atoms with Gasteiger partial charge < -0.3 is 20.7 Å². The Hall–Kier alpha value is -3.68. The first-order valence-electron chi connectivity index (χ1n) is 11.5. The third-order valence-electron chi connectivity index (χ3n) is 5.61. The molecule has 0 spiro atoms. The van der Waals surface area contributed by atoms with E-state index in [2.05, 4.69) is 39.9 Å². The van der Waals surface area contributed by atoms with Crippen molar-refractivity contribution in [3.63, 3.8) is 0 Å². The van der Waals surface area contributed by atoms with Crippen molar-refractivity contribution in [3.8, 4) is 0 Å². The van der Waals surface area contributed by atoms with Crippen LogP contribution in [0.2, 0.25) is 0 Å². The molecule has 1 fully saturated rings. The lowest BCUT2D eigenvalue weighted by Crippen LogP contribution is -2.40. The maximum absolute atomic E-state index is 12.6. The summed E-state index contributed by atoms with van der Waals surface area (Å²) in [6.07, 6.45) is 0.260. The molecule has 7 nitrogen and oxygen atoms in total. The molecule has 0 aromatic heterocycles. The van der Waals surface area contributed by atoms with Crippen LogP contribution in [0.4, 0.5) is 16.2 Å². The Morgan fingerprint density at radius 1 is 0.912 bits per heavy atom. The maximum atomic E-state index is 12.6. The van der Waals surface area contributed by atoms with Crippen LogP contribution < -0.4 is 16.0 Å². The molecule has 1 aliphatic rings. The first-order valence-corrected chi connectivity index (χ1v) is 11.5. The number of urea groups is 1. The number of ether oxygens (including phenoxy) is 1. The van der Waals surface area contributed by atoms with Crippen molar-refractivity contribution in [2.24, 2.45) is 0 Å². The van der Waals surface area contributed by atoms with Crippen LogP contribution >= 0.6 is 0 Å². The van der Waals surface area contributed by atoms with Crippen molar-refractivity contribution in [2.75, 3.05) is 30.3 Å². The van der Waals surface area contributed by atoms with Crippen molar-refractivity contribution in [3.05, 3.63) is 95.6 Å². The van der Waals surface area contributed by atoms with Gasteiger partial charge in [-0.1, -0.05) is 42.5 Å². The summed E-state index contributed by atoms with van der Waals surface area (Å²) in [7, 11) is 0. The number of anilines is 2.